The molecule has 2 aromatic heterocycles. The van der Waals surface area contributed by atoms with Gasteiger partial charge in [-0.05, 0) is 17.7 Å². The van der Waals surface area contributed by atoms with Crippen molar-refractivity contribution in [1.29, 1.82) is 0 Å². The van der Waals surface area contributed by atoms with Crippen LogP contribution < -0.4 is 0 Å². The molecule has 2 aromatic rings. The SMILES string of the molecule is CC(C)(CO)c1c[nH]c2ncccc12. The van der Waals surface area contributed by atoms with Gasteiger partial charge in [0.05, 0.1) is 6.61 Å². The molecule has 2 heterocycles. The second-order valence-electron chi connectivity index (χ2n) is 4.14. The van der Waals surface area contributed by atoms with Crippen molar-refractivity contribution in [2.24, 2.45) is 0 Å². The molecule has 0 saturated heterocycles. The first kappa shape index (κ1) is 9.21. The summed E-state index contributed by atoms with van der Waals surface area (Å²) < 4.78 is 0. The molecule has 3 heteroatoms. The normalized spacial score (nSPS) is 12.2. The molecule has 0 aromatic carbocycles. The molecule has 0 amide bonds. The molecule has 14 heavy (non-hydrogen) atoms. The van der Waals surface area contributed by atoms with E-state index < -0.39 is 0 Å². The number of hydrogen-bond acceptors (Lipinski definition) is 2. The predicted molar refractivity (Wildman–Crippen MR) is 56.2 cm³/mol. The molecule has 0 bridgehead atoms. The average Bonchev–Trinajstić information content (AvgIpc) is 2.61. The molecule has 2 rings (SSSR count). The van der Waals surface area contributed by atoms with Crippen LogP contribution in [0.5, 0.6) is 0 Å². The van der Waals surface area contributed by atoms with Gasteiger partial charge in [-0.3, -0.25) is 0 Å². The molecule has 0 aliphatic heterocycles. The first-order valence-electron chi connectivity index (χ1n) is 4.68. The number of nitrogens with one attached hydrogen (secondary N) is 1. The smallest absolute Gasteiger partial charge is 0.137 e. The Hall–Kier alpha value is -1.35. The Morgan fingerprint density at radius 3 is 3.00 bits per heavy atom. The van der Waals surface area contributed by atoms with Crippen molar-refractivity contribution in [1.82, 2.24) is 9.97 Å². The third-order valence-electron chi connectivity index (χ3n) is 2.58. The largest absolute Gasteiger partial charge is 0.395 e. The number of aromatic amines is 1. The van der Waals surface area contributed by atoms with Crippen molar-refractivity contribution in [3.8, 4) is 0 Å². The molecule has 0 radical (unpaired) electrons. The monoisotopic (exact) mass is 190 g/mol. The van der Waals surface area contributed by atoms with E-state index in [1.54, 1.807) is 6.20 Å². The highest BCUT2D eigenvalue weighted by molar-refractivity contribution is 5.80. The van der Waals surface area contributed by atoms with Gasteiger partial charge in [0.1, 0.15) is 5.65 Å². The van der Waals surface area contributed by atoms with Gasteiger partial charge < -0.3 is 10.1 Å². The van der Waals surface area contributed by atoms with Crippen LogP contribution in [0.2, 0.25) is 0 Å². The minimum Gasteiger partial charge on any atom is -0.395 e. The lowest BCUT2D eigenvalue weighted by atomic mass is 9.86. The number of nitrogens with zero attached hydrogens (tertiary/aromatic N) is 1. The maximum Gasteiger partial charge on any atom is 0.137 e. The van der Waals surface area contributed by atoms with Crippen molar-refractivity contribution in [2.45, 2.75) is 19.3 Å². The maximum absolute atomic E-state index is 9.29. The number of pyridine rings is 1. The summed E-state index contributed by atoms with van der Waals surface area (Å²) in [6.45, 7) is 4.17. The van der Waals surface area contributed by atoms with Gasteiger partial charge >= 0.3 is 0 Å². The molecule has 2 N–H and O–H groups in total. The third-order valence-corrected chi connectivity index (χ3v) is 2.58. The highest BCUT2D eigenvalue weighted by atomic mass is 16.3. The Labute approximate surface area is 82.8 Å². The average molecular weight is 190 g/mol. The van der Waals surface area contributed by atoms with Crippen LogP contribution in [-0.4, -0.2) is 21.7 Å². The quantitative estimate of drug-likeness (QED) is 0.759. The highest BCUT2D eigenvalue weighted by Crippen LogP contribution is 2.28. The van der Waals surface area contributed by atoms with E-state index in [2.05, 4.69) is 9.97 Å². The second-order valence-corrected chi connectivity index (χ2v) is 4.14. The van der Waals surface area contributed by atoms with Crippen LogP contribution in [0, 0.1) is 0 Å². The summed E-state index contributed by atoms with van der Waals surface area (Å²) in [5.41, 5.74) is 1.77. The minimum atomic E-state index is -0.221. The zero-order valence-corrected chi connectivity index (χ0v) is 8.41. The van der Waals surface area contributed by atoms with E-state index in [4.69, 9.17) is 0 Å². The second kappa shape index (κ2) is 3.10. The number of fused-ring (bicyclic) bond motifs is 1. The fourth-order valence-electron chi connectivity index (χ4n) is 1.60. The number of hydrogen-bond donors (Lipinski definition) is 2. The van der Waals surface area contributed by atoms with Crippen molar-refractivity contribution in [3.63, 3.8) is 0 Å². The summed E-state index contributed by atoms with van der Waals surface area (Å²) in [7, 11) is 0. The van der Waals surface area contributed by atoms with Crippen LogP contribution in [0.4, 0.5) is 0 Å². The topological polar surface area (TPSA) is 48.9 Å². The van der Waals surface area contributed by atoms with Gasteiger partial charge in [-0.15, -0.1) is 0 Å². The van der Waals surface area contributed by atoms with Crippen LogP contribution in [0.15, 0.2) is 24.5 Å². The summed E-state index contributed by atoms with van der Waals surface area (Å²) >= 11 is 0. The zero-order valence-electron chi connectivity index (χ0n) is 8.41. The Morgan fingerprint density at radius 2 is 2.29 bits per heavy atom. The van der Waals surface area contributed by atoms with Crippen LogP contribution in [0.1, 0.15) is 19.4 Å². The molecule has 0 aliphatic carbocycles. The molecule has 3 nitrogen and oxygen atoms in total. The van der Waals surface area contributed by atoms with E-state index in [9.17, 15) is 5.11 Å². The summed E-state index contributed by atoms with van der Waals surface area (Å²) in [6.07, 6.45) is 3.68. The summed E-state index contributed by atoms with van der Waals surface area (Å²) in [6, 6.07) is 3.93. The summed E-state index contributed by atoms with van der Waals surface area (Å²) in [5, 5.41) is 10.4. The number of aliphatic hydroxyl groups excluding tert-OH is 1. The standard InChI is InChI=1S/C11H14N2O/c1-11(2,7-14)9-6-13-10-8(9)4-3-5-12-10/h3-6,14H,7H2,1-2H3,(H,12,13). The predicted octanol–water partition coefficient (Wildman–Crippen LogP) is 1.83. The summed E-state index contributed by atoms with van der Waals surface area (Å²) in [5.74, 6) is 0. The molecule has 0 unspecified atom stereocenters. The van der Waals surface area contributed by atoms with Crippen molar-refractivity contribution in [2.75, 3.05) is 6.61 Å². The van der Waals surface area contributed by atoms with Gasteiger partial charge in [-0.2, -0.15) is 0 Å². The number of rotatable bonds is 2. The van der Waals surface area contributed by atoms with Gasteiger partial charge in [0.15, 0.2) is 0 Å². The Balaban J connectivity index is 2.64. The molecule has 0 saturated carbocycles. The molecule has 74 valence electrons. The van der Waals surface area contributed by atoms with E-state index in [1.807, 2.05) is 32.2 Å². The summed E-state index contributed by atoms with van der Waals surface area (Å²) in [4.78, 5) is 7.32. The lowest BCUT2D eigenvalue weighted by Gasteiger charge is -2.20. The molecule has 0 atom stereocenters. The molecular weight excluding hydrogens is 176 g/mol. The van der Waals surface area contributed by atoms with Gasteiger partial charge in [-0.1, -0.05) is 13.8 Å². The lowest BCUT2D eigenvalue weighted by molar-refractivity contribution is 0.219. The maximum atomic E-state index is 9.29. The van der Waals surface area contributed by atoms with Crippen molar-refractivity contribution >= 4 is 11.0 Å². The van der Waals surface area contributed by atoms with Gasteiger partial charge in [-0.25, -0.2) is 4.98 Å². The van der Waals surface area contributed by atoms with E-state index >= 15 is 0 Å². The molecule has 0 aliphatic rings. The Morgan fingerprint density at radius 1 is 1.50 bits per heavy atom. The third kappa shape index (κ3) is 1.30. The van der Waals surface area contributed by atoms with Crippen molar-refractivity contribution in [3.05, 3.63) is 30.1 Å². The molecule has 0 fully saturated rings. The number of aliphatic hydroxyl groups is 1. The van der Waals surface area contributed by atoms with Gasteiger partial charge in [0.2, 0.25) is 0 Å². The number of aromatic nitrogens is 2. The fourth-order valence-corrected chi connectivity index (χ4v) is 1.60. The van der Waals surface area contributed by atoms with Gasteiger partial charge in [0.25, 0.3) is 0 Å². The number of H-pyrrole nitrogens is 1. The molecular formula is C11H14N2O. The van der Waals surface area contributed by atoms with Crippen LogP contribution in [-0.2, 0) is 5.41 Å². The van der Waals surface area contributed by atoms with E-state index in [-0.39, 0.29) is 12.0 Å². The Kier molecular flexibility index (Phi) is 2.04. The Bertz CT molecular complexity index is 445. The van der Waals surface area contributed by atoms with Gasteiger partial charge in [0, 0.05) is 23.2 Å². The lowest BCUT2D eigenvalue weighted by Crippen LogP contribution is -2.21. The van der Waals surface area contributed by atoms with Crippen molar-refractivity contribution < 1.29 is 5.11 Å². The fraction of sp³-hybridized carbons (Fsp3) is 0.364. The highest BCUT2D eigenvalue weighted by Gasteiger charge is 2.22. The zero-order chi connectivity index (χ0) is 10.2. The van der Waals surface area contributed by atoms with E-state index in [1.165, 1.54) is 0 Å². The van der Waals surface area contributed by atoms with Crippen LogP contribution >= 0.6 is 0 Å². The van der Waals surface area contributed by atoms with Crippen LogP contribution in [0.3, 0.4) is 0 Å². The molecule has 0 spiro atoms. The minimum absolute atomic E-state index is 0.134. The van der Waals surface area contributed by atoms with E-state index in [0.29, 0.717) is 0 Å². The van der Waals surface area contributed by atoms with Crippen LogP contribution in [0.25, 0.3) is 11.0 Å². The first-order valence-corrected chi connectivity index (χ1v) is 4.68. The van der Waals surface area contributed by atoms with E-state index in [0.717, 1.165) is 16.6 Å². The first-order chi connectivity index (χ1) is 6.65.